The van der Waals surface area contributed by atoms with Gasteiger partial charge in [0.05, 0.1) is 0 Å². The molecule has 0 aliphatic heterocycles. The molecule has 7 nitrogen and oxygen atoms in total. The van der Waals surface area contributed by atoms with E-state index in [1.807, 2.05) is 30.3 Å². The molecule has 7 heteroatoms. The maximum Gasteiger partial charge on any atom is 0.243 e. The van der Waals surface area contributed by atoms with Crippen LogP contribution in [0.5, 0.6) is 5.75 Å². The molecule has 0 atom stereocenters. The molecule has 3 aromatic rings. The second kappa shape index (κ2) is 12.9. The van der Waals surface area contributed by atoms with E-state index in [1.54, 1.807) is 17.6 Å². The molecular weight excluding hydrogens is 394 g/mol. The van der Waals surface area contributed by atoms with Crippen LogP contribution in [-0.4, -0.2) is 34.2 Å². The van der Waals surface area contributed by atoms with Crippen LogP contribution >= 0.6 is 0 Å². The lowest BCUT2D eigenvalue weighted by molar-refractivity contribution is -0.129. The van der Waals surface area contributed by atoms with Crippen molar-refractivity contribution in [3.63, 3.8) is 0 Å². The largest absolute Gasteiger partial charge is 0.508 e. The Balaban J connectivity index is 0.000000248. The first-order valence-corrected chi connectivity index (χ1v) is 10.2. The topological polar surface area (TPSA) is 114 Å². The summed E-state index contributed by atoms with van der Waals surface area (Å²) in [7, 11) is 0. The van der Waals surface area contributed by atoms with E-state index < -0.39 is 0 Å². The van der Waals surface area contributed by atoms with Gasteiger partial charge in [-0.2, -0.15) is 0 Å². The number of aromatic hydroxyl groups is 1. The van der Waals surface area contributed by atoms with Crippen LogP contribution in [0.2, 0.25) is 0 Å². The summed E-state index contributed by atoms with van der Waals surface area (Å²) in [6.07, 6.45) is 3.44. The van der Waals surface area contributed by atoms with Gasteiger partial charge in [0, 0.05) is 29.9 Å². The predicted octanol–water partition coefficient (Wildman–Crippen LogP) is 4.16. The van der Waals surface area contributed by atoms with E-state index in [-0.39, 0.29) is 5.91 Å². The molecule has 5 N–H and O–H groups in total. The summed E-state index contributed by atoms with van der Waals surface area (Å²) >= 11 is 0. The van der Waals surface area contributed by atoms with E-state index in [4.69, 9.17) is 5.21 Å². The highest BCUT2D eigenvalue weighted by atomic mass is 16.5. The summed E-state index contributed by atoms with van der Waals surface area (Å²) < 4.78 is 0. The van der Waals surface area contributed by atoms with Crippen LogP contribution < -0.4 is 10.8 Å². The van der Waals surface area contributed by atoms with Crippen molar-refractivity contribution in [1.29, 1.82) is 0 Å². The molecule has 0 aliphatic rings. The van der Waals surface area contributed by atoms with Crippen molar-refractivity contribution in [1.82, 2.24) is 15.8 Å². The normalized spacial score (nSPS) is 10.0. The average Bonchev–Trinajstić information content (AvgIpc) is 3.19. The maximum absolute atomic E-state index is 10.5. The molecule has 164 valence electrons. The summed E-state index contributed by atoms with van der Waals surface area (Å²) in [4.78, 5) is 23.7. The highest BCUT2D eigenvalue weighted by Gasteiger charge is 2.08. The molecule has 3 rings (SSSR count). The van der Waals surface area contributed by atoms with E-state index in [2.05, 4.69) is 35.4 Å². The number of phenols is 1. The molecule has 0 fully saturated rings. The third-order valence-electron chi connectivity index (χ3n) is 4.71. The van der Waals surface area contributed by atoms with Crippen LogP contribution in [0.15, 0.2) is 60.7 Å². The third kappa shape index (κ3) is 7.98. The molecule has 31 heavy (non-hydrogen) atoms. The number of aryl methyl sites for hydroxylation is 1. The maximum atomic E-state index is 10.5. The summed E-state index contributed by atoms with van der Waals surface area (Å²) in [5.74, 6) is -0.0708. The van der Waals surface area contributed by atoms with E-state index in [1.165, 1.54) is 11.1 Å². The van der Waals surface area contributed by atoms with Gasteiger partial charge in [-0.25, -0.2) is 5.48 Å². The molecule has 0 aliphatic carbocycles. The Bertz CT molecular complexity index is 937. The number of nitrogens with one attached hydrogen (secondary N) is 3. The smallest absolute Gasteiger partial charge is 0.243 e. The SMILES string of the molecule is Cc1[nH]c(-c2ccccc2)cc1-c1ccc(O)cc1.O=CNCCCCCC(=O)NO. The number of hydrogen-bond donors (Lipinski definition) is 5. The zero-order valence-corrected chi connectivity index (χ0v) is 17.6. The van der Waals surface area contributed by atoms with Crippen LogP contribution in [0.3, 0.4) is 0 Å². The van der Waals surface area contributed by atoms with E-state index in [0.717, 1.165) is 36.2 Å². The van der Waals surface area contributed by atoms with Gasteiger partial charge < -0.3 is 15.4 Å². The predicted molar refractivity (Wildman–Crippen MR) is 121 cm³/mol. The summed E-state index contributed by atoms with van der Waals surface area (Å²) in [6.45, 7) is 2.71. The lowest BCUT2D eigenvalue weighted by Crippen LogP contribution is -2.18. The number of unbranched alkanes of at least 4 members (excludes halogenated alkanes) is 2. The lowest BCUT2D eigenvalue weighted by Gasteiger charge is -1.99. The quantitative estimate of drug-likeness (QED) is 0.154. The summed E-state index contributed by atoms with van der Waals surface area (Å²) in [6, 6.07) is 19.7. The first-order chi connectivity index (χ1) is 15.0. The molecule has 2 amide bonds. The van der Waals surface area contributed by atoms with Gasteiger partial charge in [-0.05, 0) is 49.1 Å². The van der Waals surface area contributed by atoms with Gasteiger partial charge in [0.15, 0.2) is 0 Å². The van der Waals surface area contributed by atoms with Crippen molar-refractivity contribution < 1.29 is 19.9 Å². The second-order valence-electron chi connectivity index (χ2n) is 7.05. The highest BCUT2D eigenvalue weighted by Crippen LogP contribution is 2.30. The van der Waals surface area contributed by atoms with Gasteiger partial charge in [-0.3, -0.25) is 14.8 Å². The number of amides is 2. The first kappa shape index (κ1) is 23.7. The van der Waals surface area contributed by atoms with Gasteiger partial charge >= 0.3 is 0 Å². The number of hydroxylamine groups is 1. The zero-order chi connectivity index (χ0) is 22.5. The van der Waals surface area contributed by atoms with Crippen molar-refractivity contribution >= 4 is 12.3 Å². The fraction of sp³-hybridized carbons (Fsp3) is 0.250. The molecule has 1 heterocycles. The molecule has 0 bridgehead atoms. The van der Waals surface area contributed by atoms with Crippen LogP contribution in [0, 0.1) is 6.92 Å². The molecule has 0 saturated carbocycles. The second-order valence-corrected chi connectivity index (χ2v) is 7.05. The van der Waals surface area contributed by atoms with Crippen LogP contribution in [-0.2, 0) is 9.59 Å². The molecule has 0 saturated heterocycles. The van der Waals surface area contributed by atoms with E-state index in [0.29, 0.717) is 25.1 Å². The van der Waals surface area contributed by atoms with Gasteiger partial charge in [0.1, 0.15) is 5.75 Å². The number of hydrogen-bond acceptors (Lipinski definition) is 4. The standard InChI is InChI=1S/C17H15NO.C7H14N2O3/c1-12-16(13-7-9-15(19)10-8-13)11-17(18-12)14-5-3-2-4-6-14;10-6-8-5-3-1-2-4-7(11)9-12/h2-11,18-19H,1H3;6,12H,1-5H2,(H,8,10)(H,9,11). The molecule has 2 aromatic carbocycles. The Hall–Kier alpha value is -3.58. The fourth-order valence-electron chi connectivity index (χ4n) is 3.08. The number of carbonyl (C=O) groups excluding carboxylic acids is 2. The van der Waals surface area contributed by atoms with Crippen molar-refractivity contribution in [3.05, 3.63) is 66.4 Å². The van der Waals surface area contributed by atoms with Crippen molar-refractivity contribution in [2.24, 2.45) is 0 Å². The number of aromatic nitrogens is 1. The van der Waals surface area contributed by atoms with Gasteiger partial charge in [0.2, 0.25) is 12.3 Å². The minimum atomic E-state index is -0.363. The Morgan fingerprint density at radius 1 is 1.00 bits per heavy atom. The first-order valence-electron chi connectivity index (χ1n) is 10.2. The number of benzene rings is 2. The monoisotopic (exact) mass is 423 g/mol. The zero-order valence-electron chi connectivity index (χ0n) is 17.6. The summed E-state index contributed by atoms with van der Waals surface area (Å²) in [5.41, 5.74) is 7.25. The van der Waals surface area contributed by atoms with E-state index in [9.17, 15) is 14.7 Å². The number of phenolic OH excluding ortho intramolecular Hbond substituents is 1. The summed E-state index contributed by atoms with van der Waals surface area (Å²) in [5, 5.41) is 20.0. The number of carbonyl (C=O) groups is 2. The minimum Gasteiger partial charge on any atom is -0.508 e. The Morgan fingerprint density at radius 3 is 2.35 bits per heavy atom. The van der Waals surface area contributed by atoms with Gasteiger partial charge in [-0.1, -0.05) is 48.9 Å². The highest BCUT2D eigenvalue weighted by molar-refractivity contribution is 5.75. The van der Waals surface area contributed by atoms with Crippen molar-refractivity contribution in [2.75, 3.05) is 6.54 Å². The minimum absolute atomic E-state index is 0.292. The Labute approximate surface area is 182 Å². The molecule has 0 unspecified atom stereocenters. The van der Waals surface area contributed by atoms with Gasteiger partial charge in [-0.15, -0.1) is 0 Å². The van der Waals surface area contributed by atoms with Crippen LogP contribution in [0.4, 0.5) is 0 Å². The van der Waals surface area contributed by atoms with E-state index >= 15 is 0 Å². The Morgan fingerprint density at radius 2 is 1.71 bits per heavy atom. The van der Waals surface area contributed by atoms with Crippen LogP contribution in [0.1, 0.15) is 31.4 Å². The number of aromatic amines is 1. The lowest BCUT2D eigenvalue weighted by atomic mass is 10.1. The van der Waals surface area contributed by atoms with Crippen LogP contribution in [0.25, 0.3) is 22.4 Å². The Kier molecular flexibility index (Phi) is 9.84. The van der Waals surface area contributed by atoms with Gasteiger partial charge in [0.25, 0.3) is 0 Å². The molecule has 0 spiro atoms. The fourth-order valence-corrected chi connectivity index (χ4v) is 3.08. The van der Waals surface area contributed by atoms with Crippen molar-refractivity contribution in [2.45, 2.75) is 32.6 Å². The average molecular weight is 424 g/mol. The number of H-pyrrole nitrogens is 1. The van der Waals surface area contributed by atoms with Crippen molar-refractivity contribution in [3.8, 4) is 28.1 Å². The number of rotatable bonds is 9. The molecule has 1 aromatic heterocycles. The molecule has 0 radical (unpaired) electrons. The third-order valence-corrected chi connectivity index (χ3v) is 4.71. The molecular formula is C24H29N3O4.